The van der Waals surface area contributed by atoms with Crippen molar-refractivity contribution in [2.24, 2.45) is 11.7 Å². The molecule has 148 valence electrons. The Balaban J connectivity index is 1.61. The highest BCUT2D eigenvalue weighted by Gasteiger charge is 2.40. The molecule has 1 unspecified atom stereocenters. The molecule has 0 amide bonds. The molecule has 0 radical (unpaired) electrons. The number of fused-ring (bicyclic) bond motifs is 1. The van der Waals surface area contributed by atoms with Gasteiger partial charge in [-0.25, -0.2) is 4.79 Å². The van der Waals surface area contributed by atoms with E-state index in [-0.39, 0.29) is 12.1 Å². The molecule has 0 bridgehead atoms. The Labute approximate surface area is 170 Å². The van der Waals surface area contributed by atoms with Crippen LogP contribution in [0.5, 0.6) is 5.75 Å². The first-order chi connectivity index (χ1) is 13.6. The molecule has 1 fully saturated rings. The molecule has 1 saturated heterocycles. The predicted octanol–water partition coefficient (Wildman–Crippen LogP) is 3.45. The van der Waals surface area contributed by atoms with E-state index in [4.69, 9.17) is 26.8 Å². The number of carbonyl (C=O) groups excluding carboxylic acids is 1. The summed E-state index contributed by atoms with van der Waals surface area (Å²) in [5.74, 6) is 0.713. The number of likely N-dealkylation sites (tertiary alicyclic amines) is 1. The Morgan fingerprint density at radius 1 is 1.29 bits per heavy atom. The number of nitrogens with two attached hydrogens (primary N) is 1. The Hall–Kier alpha value is -2.08. The van der Waals surface area contributed by atoms with Crippen molar-refractivity contribution in [2.45, 2.75) is 25.0 Å². The van der Waals surface area contributed by atoms with Gasteiger partial charge in [0.2, 0.25) is 0 Å². The lowest BCUT2D eigenvalue weighted by atomic mass is 10.1. The molecule has 28 heavy (non-hydrogen) atoms. The molecule has 2 N–H and O–H groups in total. The minimum Gasteiger partial charge on any atom is -0.483 e. The van der Waals surface area contributed by atoms with Crippen LogP contribution in [0.4, 0.5) is 0 Å². The summed E-state index contributed by atoms with van der Waals surface area (Å²) in [6, 6.07) is 13.7. The van der Waals surface area contributed by atoms with Gasteiger partial charge in [-0.3, -0.25) is 4.90 Å². The van der Waals surface area contributed by atoms with E-state index in [1.54, 1.807) is 18.2 Å². The number of nitrogens with zero attached hydrogens (tertiary/aromatic N) is 1. The van der Waals surface area contributed by atoms with E-state index in [2.05, 4.69) is 23.1 Å². The van der Waals surface area contributed by atoms with E-state index in [1.807, 2.05) is 6.07 Å². The molecular formula is C22H25ClN2O3. The lowest BCUT2D eigenvalue weighted by molar-refractivity contribution is 0.0600. The van der Waals surface area contributed by atoms with Crippen molar-refractivity contribution in [3.63, 3.8) is 0 Å². The number of ether oxygens (including phenoxy) is 2. The largest absolute Gasteiger partial charge is 0.483 e. The van der Waals surface area contributed by atoms with Gasteiger partial charge in [-0.2, -0.15) is 0 Å². The molecule has 0 saturated carbocycles. The molecule has 0 spiro atoms. The summed E-state index contributed by atoms with van der Waals surface area (Å²) in [5.41, 5.74) is 8.83. The zero-order valence-corrected chi connectivity index (χ0v) is 16.7. The van der Waals surface area contributed by atoms with Crippen LogP contribution < -0.4 is 10.5 Å². The third-order valence-corrected chi connectivity index (χ3v) is 6.16. The average molecular weight is 401 g/mol. The van der Waals surface area contributed by atoms with Crippen molar-refractivity contribution < 1.29 is 14.3 Å². The van der Waals surface area contributed by atoms with E-state index in [0.29, 0.717) is 22.3 Å². The quantitative estimate of drug-likeness (QED) is 0.779. The summed E-state index contributed by atoms with van der Waals surface area (Å²) >= 11 is 6.43. The van der Waals surface area contributed by atoms with Crippen molar-refractivity contribution in [2.75, 3.05) is 26.7 Å². The van der Waals surface area contributed by atoms with Crippen molar-refractivity contribution in [3.05, 3.63) is 64.2 Å². The second kappa shape index (κ2) is 8.11. The van der Waals surface area contributed by atoms with E-state index >= 15 is 0 Å². The van der Waals surface area contributed by atoms with Crippen LogP contribution in [0.1, 0.15) is 34.0 Å². The minimum absolute atomic E-state index is 0.103. The van der Waals surface area contributed by atoms with Gasteiger partial charge in [0.05, 0.1) is 23.7 Å². The fraction of sp³-hybridized carbons (Fsp3) is 0.409. The van der Waals surface area contributed by atoms with Crippen LogP contribution in [-0.4, -0.2) is 43.7 Å². The molecule has 0 aromatic heterocycles. The molecule has 3 atom stereocenters. The molecule has 1 aliphatic heterocycles. The third kappa shape index (κ3) is 3.62. The Kier molecular flexibility index (Phi) is 5.58. The predicted molar refractivity (Wildman–Crippen MR) is 109 cm³/mol. The number of hydrogen-bond acceptors (Lipinski definition) is 5. The normalized spacial score (nSPS) is 24.2. The number of halogens is 1. The molecule has 2 aromatic carbocycles. The van der Waals surface area contributed by atoms with Crippen LogP contribution in [-0.2, 0) is 11.2 Å². The summed E-state index contributed by atoms with van der Waals surface area (Å²) in [6.07, 6.45) is 1.98. The van der Waals surface area contributed by atoms with Gasteiger partial charge in [0.1, 0.15) is 11.9 Å². The monoisotopic (exact) mass is 400 g/mol. The zero-order chi connectivity index (χ0) is 19.7. The van der Waals surface area contributed by atoms with Crippen LogP contribution >= 0.6 is 11.6 Å². The minimum atomic E-state index is -0.414. The van der Waals surface area contributed by atoms with E-state index in [1.165, 1.54) is 18.2 Å². The van der Waals surface area contributed by atoms with Gasteiger partial charge in [0.15, 0.2) is 0 Å². The maximum absolute atomic E-state index is 11.7. The molecule has 4 rings (SSSR count). The molecule has 5 nitrogen and oxygen atoms in total. The van der Waals surface area contributed by atoms with Crippen molar-refractivity contribution in [1.29, 1.82) is 0 Å². The highest BCUT2D eigenvalue weighted by atomic mass is 35.5. The summed E-state index contributed by atoms with van der Waals surface area (Å²) in [4.78, 5) is 14.2. The topological polar surface area (TPSA) is 64.8 Å². The fourth-order valence-electron chi connectivity index (χ4n) is 4.33. The lowest BCUT2D eigenvalue weighted by Gasteiger charge is -2.30. The van der Waals surface area contributed by atoms with Crippen LogP contribution in [0.3, 0.4) is 0 Å². The zero-order valence-electron chi connectivity index (χ0n) is 15.9. The van der Waals surface area contributed by atoms with E-state index < -0.39 is 5.97 Å². The molecule has 2 aromatic rings. The number of methoxy groups -OCH3 is 1. The Bertz CT molecular complexity index is 873. The smallest absolute Gasteiger partial charge is 0.337 e. The molecule has 6 heteroatoms. The van der Waals surface area contributed by atoms with Crippen molar-refractivity contribution >= 4 is 17.6 Å². The maximum atomic E-state index is 11.7. The highest BCUT2D eigenvalue weighted by molar-refractivity contribution is 6.32. The SMILES string of the molecule is COC(=O)c1ccc(O[C@@H]2c3ccccc3CC2N2CC[C@H](CN)C2)c(Cl)c1. The van der Waals surface area contributed by atoms with E-state index in [9.17, 15) is 4.79 Å². The van der Waals surface area contributed by atoms with Gasteiger partial charge in [0, 0.05) is 6.54 Å². The van der Waals surface area contributed by atoms with Crippen LogP contribution in [0, 0.1) is 5.92 Å². The second-order valence-corrected chi connectivity index (χ2v) is 7.94. The van der Waals surface area contributed by atoms with Gasteiger partial charge in [-0.15, -0.1) is 0 Å². The van der Waals surface area contributed by atoms with Crippen LogP contribution in [0.15, 0.2) is 42.5 Å². The highest BCUT2D eigenvalue weighted by Crippen LogP contribution is 2.41. The number of hydrogen-bond donors (Lipinski definition) is 1. The Morgan fingerprint density at radius 3 is 2.82 bits per heavy atom. The molecule has 1 aliphatic carbocycles. The number of benzene rings is 2. The molecule has 1 heterocycles. The summed E-state index contributed by atoms with van der Waals surface area (Å²) in [5, 5.41) is 0.410. The summed E-state index contributed by atoms with van der Waals surface area (Å²) in [6.45, 7) is 2.77. The maximum Gasteiger partial charge on any atom is 0.337 e. The third-order valence-electron chi connectivity index (χ3n) is 5.87. The first-order valence-electron chi connectivity index (χ1n) is 9.67. The molecular weight excluding hydrogens is 376 g/mol. The fourth-order valence-corrected chi connectivity index (χ4v) is 4.56. The summed E-state index contributed by atoms with van der Waals surface area (Å²) in [7, 11) is 1.35. The van der Waals surface area contributed by atoms with Crippen LogP contribution in [0.2, 0.25) is 5.02 Å². The van der Waals surface area contributed by atoms with Gasteiger partial charge in [-0.05, 0) is 61.2 Å². The first kappa shape index (κ1) is 19.2. The summed E-state index contributed by atoms with van der Waals surface area (Å²) < 4.78 is 11.2. The van der Waals surface area contributed by atoms with Crippen molar-refractivity contribution in [1.82, 2.24) is 4.90 Å². The second-order valence-electron chi connectivity index (χ2n) is 7.53. The molecule has 2 aliphatic rings. The van der Waals surface area contributed by atoms with Gasteiger partial charge in [0.25, 0.3) is 0 Å². The van der Waals surface area contributed by atoms with Crippen molar-refractivity contribution in [3.8, 4) is 5.75 Å². The average Bonchev–Trinajstić information content (AvgIpc) is 3.33. The Morgan fingerprint density at radius 2 is 2.11 bits per heavy atom. The number of esters is 1. The standard InChI is InChI=1S/C22H25ClN2O3/c1-27-22(26)16-6-7-20(18(23)10-16)28-21-17-5-3-2-4-15(17)11-19(21)25-9-8-14(12-24)13-25/h2-7,10,14,19,21H,8-9,11-13,24H2,1H3/t14-,19?,21-/m1/s1. The van der Waals surface area contributed by atoms with E-state index in [0.717, 1.165) is 32.5 Å². The van der Waals surface area contributed by atoms with Crippen LogP contribution in [0.25, 0.3) is 0 Å². The lowest BCUT2D eigenvalue weighted by Crippen LogP contribution is -2.39. The van der Waals surface area contributed by atoms with Gasteiger partial charge < -0.3 is 15.2 Å². The number of rotatable bonds is 5. The van der Waals surface area contributed by atoms with Gasteiger partial charge >= 0.3 is 5.97 Å². The number of carbonyl (C=O) groups is 1. The van der Waals surface area contributed by atoms with Gasteiger partial charge in [-0.1, -0.05) is 35.9 Å². The first-order valence-corrected chi connectivity index (χ1v) is 10.0.